The number of unbranched alkanes of at least 4 members (excludes halogenated alkanes) is 2. The van der Waals surface area contributed by atoms with Crippen molar-refractivity contribution in [1.29, 1.82) is 0 Å². The van der Waals surface area contributed by atoms with Gasteiger partial charge in [0.25, 0.3) is 0 Å². The van der Waals surface area contributed by atoms with Gasteiger partial charge in [-0.3, -0.25) is 9.59 Å². The Kier molecular flexibility index (Phi) is 6.82. The first-order chi connectivity index (χ1) is 8.77. The van der Waals surface area contributed by atoms with Crippen LogP contribution < -0.4 is 0 Å². The molecule has 0 aliphatic heterocycles. The van der Waals surface area contributed by atoms with Crippen LogP contribution in [0.2, 0.25) is 0 Å². The van der Waals surface area contributed by atoms with Crippen LogP contribution in [-0.4, -0.2) is 33.2 Å². The lowest BCUT2D eigenvalue weighted by Gasteiger charge is -2.29. The average molecular weight is 272 g/mol. The second kappa shape index (κ2) is 7.56. The van der Waals surface area contributed by atoms with E-state index in [1.807, 2.05) is 6.92 Å². The van der Waals surface area contributed by atoms with Crippen LogP contribution in [0, 0.1) is 5.41 Å². The van der Waals surface area contributed by atoms with E-state index in [0.717, 1.165) is 12.8 Å². The zero-order valence-electron chi connectivity index (χ0n) is 11.0. The number of carboxylic acid groups (broad SMARTS) is 3. The van der Waals surface area contributed by atoms with Crippen molar-refractivity contribution in [3.8, 4) is 0 Å². The summed E-state index contributed by atoms with van der Waals surface area (Å²) in [5.74, 6) is -3.87. The highest BCUT2D eigenvalue weighted by Crippen LogP contribution is 2.38. The molecule has 0 fully saturated rings. The molecule has 0 heterocycles. The van der Waals surface area contributed by atoms with Gasteiger partial charge < -0.3 is 15.3 Å². The van der Waals surface area contributed by atoms with Gasteiger partial charge in [0.05, 0.1) is 5.41 Å². The van der Waals surface area contributed by atoms with Gasteiger partial charge in [0.2, 0.25) is 0 Å². The number of rotatable bonds is 10. The first-order valence-electron chi connectivity index (χ1n) is 6.15. The third-order valence-electron chi connectivity index (χ3n) is 3.22. The molecule has 0 bridgehead atoms. The molecular weight excluding hydrogens is 252 g/mol. The molecule has 108 valence electrons. The zero-order valence-corrected chi connectivity index (χ0v) is 11.0. The molecule has 1 unspecified atom stereocenters. The van der Waals surface area contributed by atoms with Crippen LogP contribution in [0.1, 0.15) is 45.4 Å². The lowest BCUT2D eigenvalue weighted by atomic mass is 9.73. The summed E-state index contributed by atoms with van der Waals surface area (Å²) < 4.78 is 0. The Hall–Kier alpha value is -1.85. The fourth-order valence-corrected chi connectivity index (χ4v) is 1.97. The molecule has 0 aromatic heterocycles. The number of hydrogen-bond donors (Lipinski definition) is 3. The molecule has 0 aliphatic rings. The molecule has 3 N–H and O–H groups in total. The summed E-state index contributed by atoms with van der Waals surface area (Å²) in [5, 5.41) is 27.0. The molecule has 0 aliphatic carbocycles. The lowest BCUT2D eigenvalue weighted by Crippen LogP contribution is -2.36. The summed E-state index contributed by atoms with van der Waals surface area (Å²) in [7, 11) is 0. The van der Waals surface area contributed by atoms with Crippen molar-refractivity contribution in [2.24, 2.45) is 5.41 Å². The van der Waals surface area contributed by atoms with E-state index in [4.69, 9.17) is 10.2 Å². The molecule has 0 spiro atoms. The summed E-state index contributed by atoms with van der Waals surface area (Å²) in [6, 6.07) is 0. The minimum absolute atomic E-state index is 0.0919. The van der Waals surface area contributed by atoms with Gasteiger partial charge in [-0.05, 0) is 12.8 Å². The molecule has 0 rings (SSSR count). The number of hydrogen-bond acceptors (Lipinski definition) is 3. The standard InChI is InChI=1S/C13H20O6/c1-3-4-5-7-13(12(18)19,8-6-10(14)15)9(2)11(16)17/h2-8H2,1H3,(H,14,15)(H,16,17)(H,18,19). The topological polar surface area (TPSA) is 112 Å². The maximum absolute atomic E-state index is 11.5. The summed E-state index contributed by atoms with van der Waals surface area (Å²) in [6.07, 6.45) is 1.57. The van der Waals surface area contributed by atoms with Gasteiger partial charge in [0.1, 0.15) is 0 Å². The summed E-state index contributed by atoms with van der Waals surface area (Å²) in [6.45, 7) is 5.27. The first-order valence-corrected chi connectivity index (χ1v) is 6.15. The van der Waals surface area contributed by atoms with E-state index in [1.165, 1.54) is 0 Å². The first kappa shape index (κ1) is 17.2. The van der Waals surface area contributed by atoms with E-state index in [1.54, 1.807) is 0 Å². The van der Waals surface area contributed by atoms with Gasteiger partial charge >= 0.3 is 17.9 Å². The molecule has 19 heavy (non-hydrogen) atoms. The number of aliphatic carboxylic acids is 3. The molecule has 0 saturated heterocycles. The SMILES string of the molecule is C=C(C(=O)O)C(CCCCC)(CCC(=O)O)C(=O)O. The predicted octanol–water partition coefficient (Wildman–Crippen LogP) is 2.14. The third kappa shape index (κ3) is 4.73. The van der Waals surface area contributed by atoms with Crippen molar-refractivity contribution in [2.75, 3.05) is 0 Å². The fourth-order valence-electron chi connectivity index (χ4n) is 1.97. The summed E-state index contributed by atoms with van der Waals surface area (Å²) in [4.78, 5) is 33.1. The largest absolute Gasteiger partial charge is 0.481 e. The van der Waals surface area contributed by atoms with Crippen molar-refractivity contribution in [1.82, 2.24) is 0 Å². The second-order valence-electron chi connectivity index (χ2n) is 4.52. The smallest absolute Gasteiger partial charge is 0.332 e. The van der Waals surface area contributed by atoms with Gasteiger partial charge in [0.15, 0.2) is 0 Å². The van der Waals surface area contributed by atoms with Gasteiger partial charge in [0, 0.05) is 12.0 Å². The van der Waals surface area contributed by atoms with E-state index < -0.39 is 35.3 Å². The van der Waals surface area contributed by atoms with Crippen LogP contribution in [0.25, 0.3) is 0 Å². The van der Waals surface area contributed by atoms with Gasteiger partial charge in [-0.2, -0.15) is 0 Å². The van der Waals surface area contributed by atoms with Crippen molar-refractivity contribution in [3.63, 3.8) is 0 Å². The third-order valence-corrected chi connectivity index (χ3v) is 3.22. The molecule has 0 radical (unpaired) electrons. The average Bonchev–Trinajstić information content (AvgIpc) is 2.32. The van der Waals surface area contributed by atoms with Crippen LogP contribution in [-0.2, 0) is 14.4 Å². The Labute approximate surface area is 111 Å². The Balaban J connectivity index is 5.21. The molecule has 6 nitrogen and oxygen atoms in total. The van der Waals surface area contributed by atoms with Crippen LogP contribution in [0.3, 0.4) is 0 Å². The fraction of sp³-hybridized carbons (Fsp3) is 0.615. The highest BCUT2D eigenvalue weighted by atomic mass is 16.4. The van der Waals surface area contributed by atoms with Crippen LogP contribution in [0.4, 0.5) is 0 Å². The molecule has 0 saturated carbocycles. The maximum Gasteiger partial charge on any atom is 0.332 e. The highest BCUT2D eigenvalue weighted by Gasteiger charge is 2.43. The quantitative estimate of drug-likeness (QED) is 0.415. The second-order valence-corrected chi connectivity index (χ2v) is 4.52. The minimum Gasteiger partial charge on any atom is -0.481 e. The minimum atomic E-state index is -1.70. The highest BCUT2D eigenvalue weighted by molar-refractivity contribution is 5.96. The molecule has 0 amide bonds. The molecule has 6 heteroatoms. The molecular formula is C13H20O6. The van der Waals surface area contributed by atoms with Crippen LogP contribution in [0.5, 0.6) is 0 Å². The van der Waals surface area contributed by atoms with Crippen LogP contribution in [0.15, 0.2) is 12.2 Å². The molecule has 1 atom stereocenters. The zero-order chi connectivity index (χ0) is 15.1. The Morgan fingerprint density at radius 2 is 1.63 bits per heavy atom. The van der Waals surface area contributed by atoms with E-state index >= 15 is 0 Å². The summed E-state index contributed by atoms with van der Waals surface area (Å²) in [5.41, 5.74) is -2.14. The molecule has 0 aromatic carbocycles. The Morgan fingerprint density at radius 3 is 2.00 bits per heavy atom. The molecule has 0 aromatic rings. The lowest BCUT2D eigenvalue weighted by molar-refractivity contribution is -0.152. The van der Waals surface area contributed by atoms with Crippen molar-refractivity contribution < 1.29 is 29.7 Å². The monoisotopic (exact) mass is 272 g/mol. The Bertz CT molecular complexity index is 373. The van der Waals surface area contributed by atoms with Crippen molar-refractivity contribution in [2.45, 2.75) is 45.4 Å². The van der Waals surface area contributed by atoms with Crippen molar-refractivity contribution in [3.05, 3.63) is 12.2 Å². The van der Waals surface area contributed by atoms with E-state index in [0.29, 0.717) is 6.42 Å². The number of carbonyl (C=O) groups is 3. The van der Waals surface area contributed by atoms with E-state index in [9.17, 15) is 19.5 Å². The number of carboxylic acids is 3. The van der Waals surface area contributed by atoms with E-state index in [2.05, 4.69) is 6.58 Å². The summed E-state index contributed by atoms with van der Waals surface area (Å²) >= 11 is 0. The Morgan fingerprint density at radius 1 is 1.05 bits per heavy atom. The van der Waals surface area contributed by atoms with Crippen LogP contribution >= 0.6 is 0 Å². The van der Waals surface area contributed by atoms with Gasteiger partial charge in [-0.1, -0.05) is 32.8 Å². The van der Waals surface area contributed by atoms with E-state index in [-0.39, 0.29) is 12.8 Å². The normalized spacial score (nSPS) is 13.5. The van der Waals surface area contributed by atoms with Gasteiger partial charge in [-0.15, -0.1) is 0 Å². The van der Waals surface area contributed by atoms with Crippen molar-refractivity contribution >= 4 is 17.9 Å². The maximum atomic E-state index is 11.5. The predicted molar refractivity (Wildman–Crippen MR) is 67.9 cm³/mol. The van der Waals surface area contributed by atoms with Gasteiger partial charge in [-0.25, -0.2) is 4.79 Å².